The number of rotatable bonds is 6. The van der Waals surface area contributed by atoms with Crippen LogP contribution in [0, 0.1) is 5.92 Å². The topological polar surface area (TPSA) is 76.7 Å². The Morgan fingerprint density at radius 3 is 2.72 bits per heavy atom. The Kier molecular flexibility index (Phi) is 5.79. The van der Waals surface area contributed by atoms with Gasteiger partial charge in [-0.15, -0.1) is 0 Å². The summed E-state index contributed by atoms with van der Waals surface area (Å²) < 4.78 is 11.5. The van der Waals surface area contributed by atoms with Gasteiger partial charge in [-0.2, -0.15) is 0 Å². The number of carbonyl (C=O) groups excluding carboxylic acids is 2. The SMILES string of the molecule is COc1ccc(CNC(=O)C2CCC(=O)NC2)cc1OC1CCCC1. The Balaban J connectivity index is 1.58. The van der Waals surface area contributed by atoms with Gasteiger partial charge in [0.2, 0.25) is 11.8 Å². The number of piperidine rings is 1. The van der Waals surface area contributed by atoms with Gasteiger partial charge in [0.05, 0.1) is 19.1 Å². The average Bonchev–Trinajstić information content (AvgIpc) is 3.13. The van der Waals surface area contributed by atoms with Crippen molar-refractivity contribution in [1.82, 2.24) is 10.6 Å². The van der Waals surface area contributed by atoms with E-state index in [-0.39, 0.29) is 23.8 Å². The molecule has 1 aromatic carbocycles. The molecule has 1 aromatic rings. The lowest BCUT2D eigenvalue weighted by Crippen LogP contribution is -2.42. The zero-order valence-corrected chi connectivity index (χ0v) is 14.7. The summed E-state index contributed by atoms with van der Waals surface area (Å²) in [6.07, 6.45) is 5.86. The second-order valence-corrected chi connectivity index (χ2v) is 6.77. The fraction of sp³-hybridized carbons (Fsp3) is 0.579. The van der Waals surface area contributed by atoms with Crippen molar-refractivity contribution >= 4 is 11.8 Å². The molecule has 1 saturated carbocycles. The molecular weight excluding hydrogens is 320 g/mol. The first-order chi connectivity index (χ1) is 12.2. The molecule has 6 heteroatoms. The fourth-order valence-corrected chi connectivity index (χ4v) is 3.40. The molecule has 25 heavy (non-hydrogen) atoms. The Bertz CT molecular complexity index is 616. The van der Waals surface area contributed by atoms with Crippen LogP contribution in [-0.2, 0) is 16.1 Å². The van der Waals surface area contributed by atoms with Crippen molar-refractivity contribution < 1.29 is 19.1 Å². The Hall–Kier alpha value is -2.24. The van der Waals surface area contributed by atoms with E-state index in [0.717, 1.165) is 29.9 Å². The van der Waals surface area contributed by atoms with E-state index in [1.165, 1.54) is 12.8 Å². The highest BCUT2D eigenvalue weighted by Gasteiger charge is 2.24. The van der Waals surface area contributed by atoms with E-state index in [9.17, 15) is 9.59 Å². The van der Waals surface area contributed by atoms with Crippen LogP contribution in [0.4, 0.5) is 0 Å². The molecule has 0 radical (unpaired) electrons. The number of hydrogen-bond donors (Lipinski definition) is 2. The molecule has 6 nitrogen and oxygen atoms in total. The lowest BCUT2D eigenvalue weighted by molar-refractivity contribution is -0.129. The molecule has 2 N–H and O–H groups in total. The Morgan fingerprint density at radius 2 is 2.04 bits per heavy atom. The molecule has 2 fully saturated rings. The molecule has 1 saturated heterocycles. The van der Waals surface area contributed by atoms with Crippen molar-refractivity contribution in [2.75, 3.05) is 13.7 Å². The van der Waals surface area contributed by atoms with Gasteiger partial charge in [-0.05, 0) is 49.8 Å². The molecule has 0 bridgehead atoms. The molecule has 0 aromatic heterocycles. The van der Waals surface area contributed by atoms with Crippen molar-refractivity contribution in [2.24, 2.45) is 5.92 Å². The number of amides is 2. The summed E-state index contributed by atoms with van der Waals surface area (Å²) in [4.78, 5) is 23.4. The summed E-state index contributed by atoms with van der Waals surface area (Å²) >= 11 is 0. The van der Waals surface area contributed by atoms with Gasteiger partial charge < -0.3 is 20.1 Å². The maximum atomic E-state index is 12.2. The van der Waals surface area contributed by atoms with Gasteiger partial charge in [0.1, 0.15) is 0 Å². The van der Waals surface area contributed by atoms with Gasteiger partial charge in [0.25, 0.3) is 0 Å². The molecule has 1 heterocycles. The van der Waals surface area contributed by atoms with Gasteiger partial charge in [0, 0.05) is 19.5 Å². The standard InChI is InChI=1S/C19H26N2O4/c1-24-16-8-6-13(10-17(16)25-15-4-2-3-5-15)11-21-19(23)14-7-9-18(22)20-12-14/h6,8,10,14-15H,2-5,7,9,11-12H2,1H3,(H,20,22)(H,21,23). The molecule has 2 aliphatic rings. The number of carbonyl (C=O) groups is 2. The van der Waals surface area contributed by atoms with E-state index >= 15 is 0 Å². The molecule has 1 atom stereocenters. The predicted octanol–water partition coefficient (Wildman–Crippen LogP) is 2.16. The lowest BCUT2D eigenvalue weighted by atomic mass is 9.98. The van der Waals surface area contributed by atoms with Crippen LogP contribution in [0.3, 0.4) is 0 Å². The number of nitrogens with one attached hydrogen (secondary N) is 2. The molecule has 3 rings (SSSR count). The van der Waals surface area contributed by atoms with E-state index in [2.05, 4.69) is 10.6 Å². The summed E-state index contributed by atoms with van der Waals surface area (Å²) in [5.41, 5.74) is 0.974. The summed E-state index contributed by atoms with van der Waals surface area (Å²) in [5.74, 6) is 1.31. The van der Waals surface area contributed by atoms with Crippen LogP contribution >= 0.6 is 0 Å². The second-order valence-electron chi connectivity index (χ2n) is 6.77. The third kappa shape index (κ3) is 4.65. The first kappa shape index (κ1) is 17.6. The van der Waals surface area contributed by atoms with Gasteiger partial charge in [-0.25, -0.2) is 0 Å². The van der Waals surface area contributed by atoms with Crippen LogP contribution in [0.5, 0.6) is 11.5 Å². The van der Waals surface area contributed by atoms with Crippen LogP contribution in [-0.4, -0.2) is 31.6 Å². The molecule has 0 spiro atoms. The van der Waals surface area contributed by atoms with E-state index in [1.54, 1.807) is 7.11 Å². The third-order valence-corrected chi connectivity index (χ3v) is 4.93. The number of hydrogen-bond acceptors (Lipinski definition) is 4. The summed E-state index contributed by atoms with van der Waals surface area (Å²) in [6, 6.07) is 5.76. The monoisotopic (exact) mass is 346 g/mol. The summed E-state index contributed by atoms with van der Waals surface area (Å²) in [6.45, 7) is 0.859. The van der Waals surface area contributed by atoms with E-state index in [0.29, 0.717) is 25.9 Å². The van der Waals surface area contributed by atoms with E-state index in [1.807, 2.05) is 18.2 Å². The van der Waals surface area contributed by atoms with Crippen molar-refractivity contribution in [2.45, 2.75) is 51.2 Å². The van der Waals surface area contributed by atoms with Crippen molar-refractivity contribution in [1.29, 1.82) is 0 Å². The molecular formula is C19H26N2O4. The average molecular weight is 346 g/mol. The van der Waals surface area contributed by atoms with Crippen LogP contribution in [0.15, 0.2) is 18.2 Å². The van der Waals surface area contributed by atoms with Crippen molar-refractivity contribution in [3.8, 4) is 11.5 Å². The van der Waals surface area contributed by atoms with Crippen LogP contribution < -0.4 is 20.1 Å². The summed E-state index contributed by atoms with van der Waals surface area (Å²) in [7, 11) is 1.63. The second kappa shape index (κ2) is 8.23. The zero-order chi connectivity index (χ0) is 17.6. The van der Waals surface area contributed by atoms with Gasteiger partial charge in [0.15, 0.2) is 11.5 Å². The smallest absolute Gasteiger partial charge is 0.225 e. The van der Waals surface area contributed by atoms with Gasteiger partial charge in [-0.3, -0.25) is 9.59 Å². The van der Waals surface area contributed by atoms with Crippen molar-refractivity contribution in [3.05, 3.63) is 23.8 Å². The fourth-order valence-electron chi connectivity index (χ4n) is 3.40. The quantitative estimate of drug-likeness (QED) is 0.827. The molecule has 1 unspecified atom stereocenters. The minimum atomic E-state index is -0.148. The number of methoxy groups -OCH3 is 1. The summed E-state index contributed by atoms with van der Waals surface area (Å²) in [5, 5.41) is 5.69. The first-order valence-electron chi connectivity index (χ1n) is 9.03. The predicted molar refractivity (Wildman–Crippen MR) is 93.5 cm³/mol. The van der Waals surface area contributed by atoms with E-state index in [4.69, 9.17) is 9.47 Å². The van der Waals surface area contributed by atoms with Crippen LogP contribution in [0.1, 0.15) is 44.1 Å². The Morgan fingerprint density at radius 1 is 1.24 bits per heavy atom. The normalized spacial score (nSPS) is 20.8. The number of benzene rings is 1. The van der Waals surface area contributed by atoms with Gasteiger partial charge in [-0.1, -0.05) is 6.07 Å². The molecule has 2 amide bonds. The third-order valence-electron chi connectivity index (χ3n) is 4.93. The minimum Gasteiger partial charge on any atom is -0.493 e. The highest BCUT2D eigenvalue weighted by Crippen LogP contribution is 2.32. The maximum absolute atomic E-state index is 12.2. The van der Waals surface area contributed by atoms with Crippen molar-refractivity contribution in [3.63, 3.8) is 0 Å². The Labute approximate surface area is 148 Å². The lowest BCUT2D eigenvalue weighted by Gasteiger charge is -2.22. The number of ether oxygens (including phenoxy) is 2. The molecule has 136 valence electrons. The minimum absolute atomic E-state index is 0.0194. The highest BCUT2D eigenvalue weighted by atomic mass is 16.5. The highest BCUT2D eigenvalue weighted by molar-refractivity contribution is 5.83. The van der Waals surface area contributed by atoms with E-state index < -0.39 is 0 Å². The van der Waals surface area contributed by atoms with Crippen LogP contribution in [0.25, 0.3) is 0 Å². The molecule has 1 aliphatic heterocycles. The largest absolute Gasteiger partial charge is 0.493 e. The maximum Gasteiger partial charge on any atom is 0.225 e. The van der Waals surface area contributed by atoms with Crippen LogP contribution in [0.2, 0.25) is 0 Å². The van der Waals surface area contributed by atoms with Gasteiger partial charge >= 0.3 is 0 Å². The first-order valence-corrected chi connectivity index (χ1v) is 9.03. The zero-order valence-electron chi connectivity index (χ0n) is 14.7. The molecule has 1 aliphatic carbocycles.